The van der Waals surface area contributed by atoms with Crippen molar-refractivity contribution in [3.63, 3.8) is 0 Å². The number of rotatable bonds is 4. The lowest BCUT2D eigenvalue weighted by Gasteiger charge is -2.32. The van der Waals surface area contributed by atoms with E-state index in [4.69, 9.17) is 9.47 Å². The Kier molecular flexibility index (Phi) is 4.83. The highest BCUT2D eigenvalue weighted by atomic mass is 16.5. The molecule has 1 aromatic rings. The second-order valence-corrected chi connectivity index (χ2v) is 5.78. The summed E-state index contributed by atoms with van der Waals surface area (Å²) in [6.07, 6.45) is 1.48. The molecule has 0 amide bonds. The maximum atomic E-state index is 6.24. The van der Waals surface area contributed by atoms with Crippen molar-refractivity contribution in [2.24, 2.45) is 5.92 Å². The third kappa shape index (κ3) is 3.71. The van der Waals surface area contributed by atoms with Crippen LogP contribution in [0.1, 0.15) is 37.5 Å². The summed E-state index contributed by atoms with van der Waals surface area (Å²) in [5.41, 5.74) is 2.40. The van der Waals surface area contributed by atoms with E-state index in [-0.39, 0.29) is 6.10 Å². The predicted octanol–water partition coefficient (Wildman–Crippen LogP) is 3.08. The summed E-state index contributed by atoms with van der Waals surface area (Å²) < 4.78 is 11.7. The number of nitrogens with one attached hydrogen (secondary N) is 1. The Balaban J connectivity index is 2.14. The number of aryl methyl sites for hydroxylation is 1. The van der Waals surface area contributed by atoms with Crippen molar-refractivity contribution < 1.29 is 9.47 Å². The van der Waals surface area contributed by atoms with Crippen molar-refractivity contribution in [3.8, 4) is 5.75 Å². The van der Waals surface area contributed by atoms with Crippen LogP contribution in [0, 0.1) is 12.8 Å². The van der Waals surface area contributed by atoms with Crippen molar-refractivity contribution in [1.82, 2.24) is 5.32 Å². The quantitative estimate of drug-likeness (QED) is 0.905. The predicted molar refractivity (Wildman–Crippen MR) is 77.7 cm³/mol. The zero-order valence-electron chi connectivity index (χ0n) is 12.4. The lowest BCUT2D eigenvalue weighted by molar-refractivity contribution is -0.0482. The fourth-order valence-corrected chi connectivity index (χ4v) is 2.66. The van der Waals surface area contributed by atoms with E-state index in [9.17, 15) is 0 Å². The molecule has 1 aliphatic rings. The lowest BCUT2D eigenvalue weighted by atomic mass is 10.0. The maximum absolute atomic E-state index is 6.24. The fourth-order valence-electron chi connectivity index (χ4n) is 2.66. The van der Waals surface area contributed by atoms with Gasteiger partial charge in [-0.2, -0.15) is 0 Å². The molecule has 106 valence electrons. The van der Waals surface area contributed by atoms with Crippen molar-refractivity contribution in [3.05, 3.63) is 29.3 Å². The number of ether oxygens (including phenoxy) is 2. The lowest BCUT2D eigenvalue weighted by Crippen LogP contribution is -2.41. The molecule has 0 bridgehead atoms. The van der Waals surface area contributed by atoms with Crippen LogP contribution in [0.3, 0.4) is 0 Å². The first-order chi connectivity index (χ1) is 9.10. The molecule has 0 spiro atoms. The highest BCUT2D eigenvalue weighted by molar-refractivity contribution is 5.38. The normalized spacial score (nSPS) is 23.6. The molecule has 19 heavy (non-hydrogen) atoms. The van der Waals surface area contributed by atoms with E-state index in [1.54, 1.807) is 7.11 Å². The van der Waals surface area contributed by atoms with Crippen LogP contribution in [0.2, 0.25) is 0 Å². The highest BCUT2D eigenvalue weighted by Gasteiger charge is 2.26. The van der Waals surface area contributed by atoms with Gasteiger partial charge in [-0.05, 0) is 31.4 Å². The van der Waals surface area contributed by atoms with Gasteiger partial charge in [-0.15, -0.1) is 0 Å². The molecule has 0 aromatic heterocycles. The summed E-state index contributed by atoms with van der Waals surface area (Å²) in [7, 11) is 1.72. The highest BCUT2D eigenvalue weighted by Crippen LogP contribution is 2.31. The van der Waals surface area contributed by atoms with Gasteiger partial charge in [-0.25, -0.2) is 0 Å². The average molecular weight is 263 g/mol. The Bertz CT molecular complexity index is 417. The molecule has 1 aromatic carbocycles. The third-order valence-corrected chi connectivity index (χ3v) is 3.52. The van der Waals surface area contributed by atoms with Gasteiger partial charge in [0.25, 0.3) is 0 Å². The molecule has 1 aliphatic heterocycles. The van der Waals surface area contributed by atoms with Crippen LogP contribution in [0.15, 0.2) is 18.2 Å². The zero-order chi connectivity index (χ0) is 13.8. The van der Waals surface area contributed by atoms with Gasteiger partial charge >= 0.3 is 0 Å². The Morgan fingerprint density at radius 1 is 1.37 bits per heavy atom. The van der Waals surface area contributed by atoms with E-state index < -0.39 is 0 Å². The first-order valence-corrected chi connectivity index (χ1v) is 7.11. The molecule has 2 unspecified atom stereocenters. The van der Waals surface area contributed by atoms with E-state index in [1.807, 2.05) is 6.07 Å². The number of methoxy groups -OCH3 is 1. The number of morpholine rings is 1. The summed E-state index contributed by atoms with van der Waals surface area (Å²) in [5, 5.41) is 3.48. The molecule has 0 radical (unpaired) electrons. The molecule has 1 fully saturated rings. The van der Waals surface area contributed by atoms with E-state index in [1.165, 1.54) is 5.56 Å². The van der Waals surface area contributed by atoms with Gasteiger partial charge in [0.1, 0.15) is 5.75 Å². The van der Waals surface area contributed by atoms with E-state index >= 15 is 0 Å². The van der Waals surface area contributed by atoms with Crippen LogP contribution in [0.5, 0.6) is 5.75 Å². The molecule has 1 heterocycles. The number of hydrogen-bond donors (Lipinski definition) is 1. The van der Waals surface area contributed by atoms with Crippen LogP contribution in [-0.2, 0) is 4.74 Å². The minimum atomic E-state index is 0.0901. The summed E-state index contributed by atoms with van der Waals surface area (Å²) in [4.78, 5) is 0. The summed E-state index contributed by atoms with van der Waals surface area (Å²) >= 11 is 0. The standard InChI is InChI=1S/C16H25NO2/c1-11(2)7-13-9-17-10-16(19-13)14-8-12(3)5-6-15(14)18-4/h5-6,8,11,13,16-17H,7,9-10H2,1-4H3. The molecular weight excluding hydrogens is 238 g/mol. The molecule has 3 nitrogen and oxygen atoms in total. The first-order valence-electron chi connectivity index (χ1n) is 7.11. The fraction of sp³-hybridized carbons (Fsp3) is 0.625. The van der Waals surface area contributed by atoms with E-state index in [0.29, 0.717) is 12.0 Å². The Hall–Kier alpha value is -1.06. The number of benzene rings is 1. The van der Waals surface area contributed by atoms with Crippen LogP contribution in [0.25, 0.3) is 0 Å². The van der Waals surface area contributed by atoms with Gasteiger partial charge in [0.2, 0.25) is 0 Å². The largest absolute Gasteiger partial charge is 0.496 e. The van der Waals surface area contributed by atoms with Gasteiger partial charge in [-0.3, -0.25) is 0 Å². The second-order valence-electron chi connectivity index (χ2n) is 5.78. The van der Waals surface area contributed by atoms with Gasteiger partial charge in [-0.1, -0.05) is 25.5 Å². The van der Waals surface area contributed by atoms with Crippen molar-refractivity contribution in [2.45, 2.75) is 39.4 Å². The Morgan fingerprint density at radius 2 is 2.16 bits per heavy atom. The summed E-state index contributed by atoms with van der Waals surface area (Å²) in [6, 6.07) is 6.27. The molecular formula is C16H25NO2. The zero-order valence-corrected chi connectivity index (χ0v) is 12.4. The summed E-state index contributed by atoms with van der Waals surface area (Å²) in [6.45, 7) is 8.38. The summed E-state index contributed by atoms with van der Waals surface area (Å²) in [5.74, 6) is 1.58. The first kappa shape index (κ1) is 14.4. The minimum absolute atomic E-state index is 0.0901. The van der Waals surface area contributed by atoms with Gasteiger partial charge in [0.15, 0.2) is 0 Å². The van der Waals surface area contributed by atoms with Gasteiger partial charge in [0.05, 0.1) is 19.3 Å². The molecule has 0 saturated carbocycles. The van der Waals surface area contributed by atoms with Crippen LogP contribution < -0.4 is 10.1 Å². The average Bonchev–Trinajstić information content (AvgIpc) is 2.38. The topological polar surface area (TPSA) is 30.5 Å². The van der Waals surface area contributed by atoms with Crippen LogP contribution >= 0.6 is 0 Å². The Labute approximate surface area is 116 Å². The van der Waals surface area contributed by atoms with Crippen LogP contribution in [0.4, 0.5) is 0 Å². The number of hydrogen-bond acceptors (Lipinski definition) is 3. The molecule has 0 aliphatic carbocycles. The smallest absolute Gasteiger partial charge is 0.124 e. The monoisotopic (exact) mass is 263 g/mol. The minimum Gasteiger partial charge on any atom is -0.496 e. The van der Waals surface area contributed by atoms with Crippen molar-refractivity contribution in [2.75, 3.05) is 20.2 Å². The molecule has 3 heteroatoms. The molecule has 1 saturated heterocycles. The van der Waals surface area contributed by atoms with Crippen LogP contribution in [-0.4, -0.2) is 26.3 Å². The Morgan fingerprint density at radius 3 is 2.84 bits per heavy atom. The SMILES string of the molecule is COc1ccc(C)cc1C1CNCC(CC(C)C)O1. The molecule has 1 N–H and O–H groups in total. The van der Waals surface area contributed by atoms with Crippen molar-refractivity contribution >= 4 is 0 Å². The van der Waals surface area contributed by atoms with Crippen molar-refractivity contribution in [1.29, 1.82) is 0 Å². The maximum Gasteiger partial charge on any atom is 0.124 e. The van der Waals surface area contributed by atoms with E-state index in [0.717, 1.165) is 30.8 Å². The van der Waals surface area contributed by atoms with E-state index in [2.05, 4.69) is 38.2 Å². The van der Waals surface area contributed by atoms with Gasteiger partial charge in [0, 0.05) is 18.7 Å². The molecule has 2 atom stereocenters. The van der Waals surface area contributed by atoms with Gasteiger partial charge < -0.3 is 14.8 Å². The molecule has 2 rings (SSSR count). The third-order valence-electron chi connectivity index (χ3n) is 3.52. The second kappa shape index (κ2) is 6.40.